The molecule has 0 atom stereocenters. The molecule has 5 rings (SSSR count). The van der Waals surface area contributed by atoms with Gasteiger partial charge in [0.15, 0.2) is 0 Å². The van der Waals surface area contributed by atoms with E-state index in [1.807, 2.05) is 43.3 Å². The number of pyridine rings is 1. The molecule has 37 heavy (non-hydrogen) atoms. The molecule has 1 aromatic heterocycles. The van der Waals surface area contributed by atoms with Gasteiger partial charge in [0.1, 0.15) is 4.90 Å². The SMILES string of the molecule is Cc1ccc(NS(=O)(=O)c2ccc(N3CCCCCS3(=O)=O)cc2Cl)cc1-c1nccc2ccccc12. The molecule has 1 saturated heterocycles. The van der Waals surface area contributed by atoms with Gasteiger partial charge in [-0.05, 0) is 67.1 Å². The molecule has 1 aliphatic rings. The highest BCUT2D eigenvalue weighted by molar-refractivity contribution is 7.93. The molecule has 0 amide bonds. The summed E-state index contributed by atoms with van der Waals surface area (Å²) in [7, 11) is -7.53. The fraction of sp³-hybridized carbons (Fsp3) is 0.222. The number of aryl methyl sites for hydroxylation is 1. The van der Waals surface area contributed by atoms with Gasteiger partial charge in [-0.1, -0.05) is 48.4 Å². The van der Waals surface area contributed by atoms with Crippen molar-refractivity contribution >= 4 is 53.8 Å². The second-order valence-electron chi connectivity index (χ2n) is 9.08. The number of hydrogen-bond donors (Lipinski definition) is 1. The maximum Gasteiger partial charge on any atom is 0.263 e. The predicted molar refractivity (Wildman–Crippen MR) is 149 cm³/mol. The molecule has 0 saturated carbocycles. The number of anilines is 2. The van der Waals surface area contributed by atoms with Crippen LogP contribution in [0.2, 0.25) is 5.02 Å². The molecule has 1 aliphatic heterocycles. The zero-order valence-corrected chi connectivity index (χ0v) is 22.6. The lowest BCUT2D eigenvalue weighted by molar-refractivity contribution is 0.592. The van der Waals surface area contributed by atoms with Crippen molar-refractivity contribution in [2.75, 3.05) is 21.3 Å². The zero-order chi connectivity index (χ0) is 26.2. The first-order valence-corrected chi connectivity index (χ1v) is 15.4. The van der Waals surface area contributed by atoms with Crippen LogP contribution in [0.5, 0.6) is 0 Å². The van der Waals surface area contributed by atoms with Gasteiger partial charge in [-0.15, -0.1) is 0 Å². The van der Waals surface area contributed by atoms with E-state index in [2.05, 4.69) is 9.71 Å². The molecule has 7 nitrogen and oxygen atoms in total. The van der Waals surface area contributed by atoms with Crippen molar-refractivity contribution in [1.82, 2.24) is 4.98 Å². The Hall–Kier alpha value is -3.14. The second-order valence-corrected chi connectivity index (χ2v) is 13.2. The number of sulfonamides is 2. The van der Waals surface area contributed by atoms with Crippen molar-refractivity contribution in [2.45, 2.75) is 31.1 Å². The number of halogens is 1. The summed E-state index contributed by atoms with van der Waals surface area (Å²) in [5.74, 6) is 0.0630. The quantitative estimate of drug-likeness (QED) is 0.326. The third kappa shape index (κ3) is 5.16. The summed E-state index contributed by atoms with van der Waals surface area (Å²) < 4.78 is 55.8. The molecule has 1 fully saturated rings. The van der Waals surface area contributed by atoms with Crippen LogP contribution in [0.1, 0.15) is 24.8 Å². The van der Waals surface area contributed by atoms with E-state index in [-0.39, 0.29) is 15.7 Å². The summed E-state index contributed by atoms with van der Waals surface area (Å²) in [5.41, 5.74) is 3.26. The van der Waals surface area contributed by atoms with Gasteiger partial charge in [-0.2, -0.15) is 0 Å². The molecular formula is C27H26ClN3O4S2. The molecule has 0 bridgehead atoms. The lowest BCUT2D eigenvalue weighted by atomic mass is 10.00. The number of nitrogens with zero attached hydrogens (tertiary/aromatic N) is 2. The van der Waals surface area contributed by atoms with E-state index in [0.717, 1.165) is 40.4 Å². The Balaban J connectivity index is 1.47. The number of benzene rings is 3. The third-order valence-electron chi connectivity index (χ3n) is 6.51. The van der Waals surface area contributed by atoms with Crippen molar-refractivity contribution in [3.05, 3.63) is 83.5 Å². The molecule has 4 aromatic rings. The normalized spacial score (nSPS) is 15.9. The smallest absolute Gasteiger partial charge is 0.263 e. The van der Waals surface area contributed by atoms with Crippen LogP contribution in [0, 0.1) is 6.92 Å². The average Bonchev–Trinajstić information content (AvgIpc) is 3.04. The van der Waals surface area contributed by atoms with Crippen LogP contribution < -0.4 is 9.03 Å². The van der Waals surface area contributed by atoms with Gasteiger partial charge in [-0.3, -0.25) is 14.0 Å². The van der Waals surface area contributed by atoms with Gasteiger partial charge < -0.3 is 0 Å². The lowest BCUT2D eigenvalue weighted by Crippen LogP contribution is -2.32. The largest absolute Gasteiger partial charge is 0.280 e. The van der Waals surface area contributed by atoms with Gasteiger partial charge in [0.2, 0.25) is 10.0 Å². The first-order chi connectivity index (χ1) is 17.7. The molecule has 3 aromatic carbocycles. The number of fused-ring (bicyclic) bond motifs is 1. The summed E-state index contributed by atoms with van der Waals surface area (Å²) in [6, 6.07) is 19.4. The lowest BCUT2D eigenvalue weighted by Gasteiger charge is -2.23. The summed E-state index contributed by atoms with van der Waals surface area (Å²) in [6.07, 6.45) is 3.90. The maximum absolute atomic E-state index is 13.3. The molecule has 2 heterocycles. The van der Waals surface area contributed by atoms with E-state index >= 15 is 0 Å². The van der Waals surface area contributed by atoms with Gasteiger partial charge >= 0.3 is 0 Å². The minimum atomic E-state index is -4.05. The Morgan fingerprint density at radius 2 is 1.78 bits per heavy atom. The number of nitrogens with one attached hydrogen (secondary N) is 1. The molecule has 10 heteroatoms. The van der Waals surface area contributed by atoms with E-state index < -0.39 is 20.0 Å². The van der Waals surface area contributed by atoms with Gasteiger partial charge in [-0.25, -0.2) is 16.8 Å². The van der Waals surface area contributed by atoms with Crippen LogP contribution in [0.4, 0.5) is 11.4 Å². The standard InChI is InChI=1S/C27H26ClN3O4S2/c1-19-9-10-21(17-24(19)27-23-8-4-3-7-20(23)13-14-29-27)30-37(34,35)26-12-11-22(18-25(26)28)31-15-5-2-6-16-36(31,32)33/h3-4,7-14,17-18,30H,2,5-6,15-16H2,1H3. The minimum Gasteiger partial charge on any atom is -0.280 e. The van der Waals surface area contributed by atoms with Crippen LogP contribution >= 0.6 is 11.6 Å². The maximum atomic E-state index is 13.3. The molecule has 0 unspecified atom stereocenters. The highest BCUT2D eigenvalue weighted by Crippen LogP contribution is 2.34. The Kier molecular flexibility index (Phi) is 6.87. The minimum absolute atomic E-state index is 0.0486. The van der Waals surface area contributed by atoms with Crippen molar-refractivity contribution in [2.24, 2.45) is 0 Å². The molecule has 0 radical (unpaired) electrons. The monoisotopic (exact) mass is 555 g/mol. The van der Waals surface area contributed by atoms with Crippen molar-refractivity contribution < 1.29 is 16.8 Å². The van der Waals surface area contributed by atoms with E-state index in [1.54, 1.807) is 18.3 Å². The highest BCUT2D eigenvalue weighted by atomic mass is 35.5. The van der Waals surface area contributed by atoms with Gasteiger partial charge in [0, 0.05) is 29.4 Å². The van der Waals surface area contributed by atoms with Crippen LogP contribution in [0.15, 0.2) is 77.8 Å². The van der Waals surface area contributed by atoms with Crippen molar-refractivity contribution in [3.63, 3.8) is 0 Å². The molecule has 192 valence electrons. The summed E-state index contributed by atoms with van der Waals surface area (Å²) in [6.45, 7) is 2.29. The predicted octanol–water partition coefficient (Wildman–Crippen LogP) is 5.98. The second kappa shape index (κ2) is 9.96. The number of aromatic nitrogens is 1. The molecule has 1 N–H and O–H groups in total. The number of hydrogen-bond acceptors (Lipinski definition) is 5. The van der Waals surface area contributed by atoms with E-state index in [0.29, 0.717) is 24.3 Å². The fourth-order valence-electron chi connectivity index (χ4n) is 4.60. The molecular weight excluding hydrogens is 530 g/mol. The Bertz CT molecular complexity index is 1700. The summed E-state index contributed by atoms with van der Waals surface area (Å²) in [4.78, 5) is 4.44. The fourth-order valence-corrected chi connectivity index (χ4v) is 7.82. The molecule has 0 aliphatic carbocycles. The Morgan fingerprint density at radius 3 is 2.59 bits per heavy atom. The zero-order valence-electron chi connectivity index (χ0n) is 20.2. The highest BCUT2D eigenvalue weighted by Gasteiger charge is 2.26. The topological polar surface area (TPSA) is 96.4 Å². The summed E-state index contributed by atoms with van der Waals surface area (Å²) in [5, 5.41) is 1.96. The van der Waals surface area contributed by atoms with E-state index in [4.69, 9.17) is 11.6 Å². The molecule has 0 spiro atoms. The number of rotatable bonds is 5. The Labute approximate surface area is 222 Å². The average molecular weight is 556 g/mol. The Morgan fingerprint density at radius 1 is 0.973 bits per heavy atom. The van der Waals surface area contributed by atoms with Crippen LogP contribution in [0.3, 0.4) is 0 Å². The van der Waals surface area contributed by atoms with E-state index in [9.17, 15) is 16.8 Å². The van der Waals surface area contributed by atoms with E-state index in [1.165, 1.54) is 22.5 Å². The third-order valence-corrected chi connectivity index (χ3v) is 10.2. The van der Waals surface area contributed by atoms with Crippen LogP contribution in [0.25, 0.3) is 22.0 Å². The van der Waals surface area contributed by atoms with Crippen LogP contribution in [-0.4, -0.2) is 34.1 Å². The van der Waals surface area contributed by atoms with Gasteiger partial charge in [0.05, 0.1) is 22.2 Å². The van der Waals surface area contributed by atoms with Crippen LogP contribution in [-0.2, 0) is 20.0 Å². The first-order valence-electron chi connectivity index (χ1n) is 11.9. The summed E-state index contributed by atoms with van der Waals surface area (Å²) >= 11 is 6.40. The van der Waals surface area contributed by atoms with Crippen molar-refractivity contribution in [3.8, 4) is 11.3 Å². The van der Waals surface area contributed by atoms with Gasteiger partial charge in [0.25, 0.3) is 10.0 Å². The van der Waals surface area contributed by atoms with Crippen molar-refractivity contribution in [1.29, 1.82) is 0 Å². The first kappa shape index (κ1) is 25.5.